The minimum atomic E-state index is -0.233. The molecule has 0 aliphatic rings. The van der Waals surface area contributed by atoms with Crippen molar-refractivity contribution in [1.29, 1.82) is 0 Å². The Morgan fingerprint density at radius 1 is 1.11 bits per heavy atom. The summed E-state index contributed by atoms with van der Waals surface area (Å²) in [5.74, 6) is 1.50. The first kappa shape index (κ1) is 17.7. The topological polar surface area (TPSA) is 46.6 Å². The zero-order valence-electron chi connectivity index (χ0n) is 15.0. The molecule has 27 heavy (non-hydrogen) atoms. The molecule has 0 amide bonds. The van der Waals surface area contributed by atoms with Gasteiger partial charge in [0.15, 0.2) is 5.82 Å². The van der Waals surface area contributed by atoms with Crippen molar-refractivity contribution in [1.82, 2.24) is 19.5 Å². The van der Waals surface area contributed by atoms with E-state index < -0.39 is 0 Å². The summed E-state index contributed by atoms with van der Waals surface area (Å²) in [6, 6.07) is 14.0. The number of benzene rings is 2. The van der Waals surface area contributed by atoms with Crippen LogP contribution < -0.4 is 0 Å². The molecule has 0 saturated carbocycles. The van der Waals surface area contributed by atoms with Crippen molar-refractivity contribution in [2.75, 3.05) is 7.05 Å². The highest BCUT2D eigenvalue weighted by Crippen LogP contribution is 2.27. The van der Waals surface area contributed by atoms with E-state index in [9.17, 15) is 4.39 Å². The Labute approximate surface area is 161 Å². The molecule has 0 spiro atoms. The normalized spacial score (nSPS) is 11.6. The molecule has 2 aromatic heterocycles. The molecule has 0 aliphatic heterocycles. The van der Waals surface area contributed by atoms with Crippen LogP contribution in [-0.4, -0.2) is 26.5 Å². The number of aromatic nitrogens is 3. The number of hydrogen-bond donors (Lipinski definition) is 0. The van der Waals surface area contributed by atoms with Gasteiger partial charge in [-0.1, -0.05) is 35.9 Å². The molecule has 0 N–H and O–H groups in total. The number of halogens is 2. The van der Waals surface area contributed by atoms with Crippen molar-refractivity contribution in [2.45, 2.75) is 20.0 Å². The van der Waals surface area contributed by atoms with E-state index in [1.165, 1.54) is 12.1 Å². The molecule has 0 bridgehead atoms. The summed E-state index contributed by atoms with van der Waals surface area (Å²) in [5.41, 5.74) is 2.72. The Morgan fingerprint density at radius 3 is 2.59 bits per heavy atom. The largest absolute Gasteiger partial charge is 0.427 e. The standard InChI is InChI=1S/C20H18ClFN4O/c1-13-18(12-25(2)11-14-7-9-15(22)10-8-14)26-20(27-13)23-19(24-26)16-5-3-4-6-17(16)21/h3-10H,11-12H2,1-2H3. The van der Waals surface area contributed by atoms with Gasteiger partial charge < -0.3 is 4.42 Å². The van der Waals surface area contributed by atoms with E-state index in [2.05, 4.69) is 15.0 Å². The fourth-order valence-electron chi connectivity index (χ4n) is 3.03. The van der Waals surface area contributed by atoms with Gasteiger partial charge in [-0.3, -0.25) is 4.90 Å². The minimum Gasteiger partial charge on any atom is -0.427 e. The summed E-state index contributed by atoms with van der Waals surface area (Å²) in [7, 11) is 1.99. The van der Waals surface area contributed by atoms with E-state index in [4.69, 9.17) is 16.0 Å². The third kappa shape index (κ3) is 3.59. The van der Waals surface area contributed by atoms with E-state index in [1.807, 2.05) is 38.2 Å². The Morgan fingerprint density at radius 2 is 1.85 bits per heavy atom. The Balaban J connectivity index is 1.60. The van der Waals surface area contributed by atoms with Crippen molar-refractivity contribution < 1.29 is 8.81 Å². The second kappa shape index (κ2) is 7.13. The molecule has 7 heteroatoms. The summed E-state index contributed by atoms with van der Waals surface area (Å²) >= 11 is 6.26. The third-order valence-electron chi connectivity index (χ3n) is 4.38. The van der Waals surface area contributed by atoms with Crippen molar-refractivity contribution in [2.24, 2.45) is 0 Å². The second-order valence-corrected chi connectivity index (χ2v) is 6.92. The van der Waals surface area contributed by atoms with Gasteiger partial charge in [0.05, 0.1) is 10.7 Å². The van der Waals surface area contributed by atoms with Crippen LogP contribution >= 0.6 is 11.6 Å². The Hall–Kier alpha value is -2.70. The van der Waals surface area contributed by atoms with Crippen molar-refractivity contribution in [3.05, 3.63) is 76.4 Å². The fraction of sp³-hybridized carbons (Fsp3) is 0.200. The average Bonchev–Trinajstić information content (AvgIpc) is 3.16. The van der Waals surface area contributed by atoms with Crippen molar-refractivity contribution >= 4 is 17.4 Å². The lowest BCUT2D eigenvalue weighted by Gasteiger charge is -2.16. The van der Waals surface area contributed by atoms with E-state index in [0.29, 0.717) is 29.8 Å². The molecule has 2 aromatic carbocycles. The van der Waals surface area contributed by atoms with Gasteiger partial charge >= 0.3 is 5.84 Å². The SMILES string of the molecule is Cc1oc2nc(-c3ccccc3Cl)nn2c1CN(C)Cc1ccc(F)cc1. The highest BCUT2D eigenvalue weighted by atomic mass is 35.5. The lowest BCUT2D eigenvalue weighted by Crippen LogP contribution is -2.19. The lowest BCUT2D eigenvalue weighted by molar-refractivity contribution is 0.310. The van der Waals surface area contributed by atoms with Crippen LogP contribution in [0.2, 0.25) is 5.02 Å². The molecule has 0 radical (unpaired) electrons. The Bertz CT molecular complexity index is 1090. The molecule has 4 rings (SSSR count). The van der Waals surface area contributed by atoms with Crippen molar-refractivity contribution in [3.8, 4) is 11.4 Å². The number of aryl methyl sites for hydroxylation is 1. The summed E-state index contributed by atoms with van der Waals surface area (Å²) in [6.45, 7) is 3.19. The molecule has 4 aromatic rings. The second-order valence-electron chi connectivity index (χ2n) is 6.51. The van der Waals surface area contributed by atoms with E-state index in [1.54, 1.807) is 16.6 Å². The molecule has 138 valence electrons. The molecule has 0 fully saturated rings. The van der Waals surface area contributed by atoms with Gasteiger partial charge in [0, 0.05) is 18.7 Å². The molecule has 2 heterocycles. The van der Waals surface area contributed by atoms with Crippen LogP contribution in [0.15, 0.2) is 52.9 Å². The van der Waals surface area contributed by atoms with Gasteiger partial charge in [-0.2, -0.15) is 9.50 Å². The molecule has 0 atom stereocenters. The number of hydrogen-bond acceptors (Lipinski definition) is 4. The zero-order valence-corrected chi connectivity index (χ0v) is 15.7. The van der Waals surface area contributed by atoms with Gasteiger partial charge in [0.2, 0.25) is 0 Å². The van der Waals surface area contributed by atoms with Crippen LogP contribution in [0.5, 0.6) is 0 Å². The minimum absolute atomic E-state index is 0.233. The van der Waals surface area contributed by atoms with Crippen LogP contribution in [0.3, 0.4) is 0 Å². The van der Waals surface area contributed by atoms with Gasteiger partial charge in [-0.05, 0) is 43.8 Å². The zero-order chi connectivity index (χ0) is 19.0. The maximum Gasteiger partial charge on any atom is 0.325 e. The van der Waals surface area contributed by atoms with Gasteiger partial charge in [-0.25, -0.2) is 4.39 Å². The first-order chi connectivity index (χ1) is 13.0. The van der Waals surface area contributed by atoms with Crippen LogP contribution in [0.25, 0.3) is 17.2 Å². The first-order valence-electron chi connectivity index (χ1n) is 8.54. The predicted molar refractivity (Wildman–Crippen MR) is 102 cm³/mol. The van der Waals surface area contributed by atoms with E-state index >= 15 is 0 Å². The Kier molecular flexibility index (Phi) is 4.68. The van der Waals surface area contributed by atoms with E-state index in [0.717, 1.165) is 22.6 Å². The molecular formula is C20H18ClFN4O. The van der Waals surface area contributed by atoms with Crippen LogP contribution in [0.1, 0.15) is 17.0 Å². The van der Waals surface area contributed by atoms with Crippen LogP contribution in [0, 0.1) is 12.7 Å². The monoisotopic (exact) mass is 384 g/mol. The molecular weight excluding hydrogens is 367 g/mol. The van der Waals surface area contributed by atoms with E-state index in [-0.39, 0.29) is 5.82 Å². The number of nitrogens with zero attached hydrogens (tertiary/aromatic N) is 4. The number of rotatable bonds is 5. The first-order valence-corrected chi connectivity index (χ1v) is 8.92. The highest BCUT2D eigenvalue weighted by molar-refractivity contribution is 6.33. The average molecular weight is 385 g/mol. The number of fused-ring (bicyclic) bond motifs is 1. The quantitative estimate of drug-likeness (QED) is 0.499. The maximum atomic E-state index is 13.1. The fourth-order valence-corrected chi connectivity index (χ4v) is 3.25. The van der Waals surface area contributed by atoms with Crippen LogP contribution in [-0.2, 0) is 13.1 Å². The van der Waals surface area contributed by atoms with Crippen molar-refractivity contribution in [3.63, 3.8) is 0 Å². The maximum absolute atomic E-state index is 13.1. The lowest BCUT2D eigenvalue weighted by atomic mass is 10.2. The third-order valence-corrected chi connectivity index (χ3v) is 4.71. The highest BCUT2D eigenvalue weighted by Gasteiger charge is 2.18. The smallest absolute Gasteiger partial charge is 0.325 e. The molecule has 5 nitrogen and oxygen atoms in total. The predicted octanol–water partition coefficient (Wildman–Crippen LogP) is 4.72. The summed E-state index contributed by atoms with van der Waals surface area (Å²) in [6.07, 6.45) is 0. The molecule has 0 saturated heterocycles. The van der Waals surface area contributed by atoms with Crippen LogP contribution in [0.4, 0.5) is 4.39 Å². The molecule has 0 aliphatic carbocycles. The van der Waals surface area contributed by atoms with Gasteiger partial charge in [-0.15, -0.1) is 5.10 Å². The summed E-state index contributed by atoms with van der Waals surface area (Å²) < 4.78 is 20.6. The van der Waals surface area contributed by atoms with Gasteiger partial charge in [0.1, 0.15) is 11.6 Å². The summed E-state index contributed by atoms with van der Waals surface area (Å²) in [4.78, 5) is 6.58. The molecule has 0 unspecified atom stereocenters. The summed E-state index contributed by atoms with van der Waals surface area (Å²) in [5, 5.41) is 5.18. The van der Waals surface area contributed by atoms with Gasteiger partial charge in [0.25, 0.3) is 0 Å². The number of oxazole rings is 1.